The normalized spacial score (nSPS) is 10.8. The van der Waals surface area contributed by atoms with Crippen LogP contribution in [-0.2, 0) is 0 Å². The first-order valence-corrected chi connectivity index (χ1v) is 6.63. The lowest BCUT2D eigenvalue weighted by Crippen LogP contribution is -2.23. The standard InChI is InChI=1S/C10H9N3S3/c11-10(14)13-12-5-8-1-2-9(16-8)7-3-4-15-6-7/h1-6H,(H3,11,13,14)/b12-5-. The number of hydrazone groups is 1. The Bertz CT molecular complexity index is 499. The number of hydrogen-bond acceptors (Lipinski definition) is 4. The fraction of sp³-hybridized carbons (Fsp3) is 0. The van der Waals surface area contributed by atoms with E-state index in [4.69, 9.17) is 5.73 Å². The van der Waals surface area contributed by atoms with E-state index >= 15 is 0 Å². The van der Waals surface area contributed by atoms with Gasteiger partial charge in [-0.05, 0) is 41.2 Å². The topological polar surface area (TPSA) is 50.4 Å². The molecule has 0 amide bonds. The van der Waals surface area contributed by atoms with Gasteiger partial charge in [0.2, 0.25) is 0 Å². The molecule has 3 nitrogen and oxygen atoms in total. The van der Waals surface area contributed by atoms with Crippen molar-refractivity contribution in [3.8, 4) is 10.4 Å². The second-order valence-corrected chi connectivity index (χ2v) is 5.28. The number of nitrogens with one attached hydrogen (secondary N) is 1. The molecule has 0 aliphatic heterocycles. The third-order valence-electron chi connectivity index (χ3n) is 1.80. The first kappa shape index (κ1) is 11.3. The fourth-order valence-corrected chi connectivity index (χ4v) is 2.80. The molecule has 3 N–H and O–H groups in total. The van der Waals surface area contributed by atoms with Gasteiger partial charge in [0.25, 0.3) is 0 Å². The van der Waals surface area contributed by atoms with Crippen LogP contribution in [0.5, 0.6) is 0 Å². The van der Waals surface area contributed by atoms with Crippen LogP contribution in [0.4, 0.5) is 0 Å². The smallest absolute Gasteiger partial charge is 0.184 e. The summed E-state index contributed by atoms with van der Waals surface area (Å²) < 4.78 is 0. The molecule has 0 spiro atoms. The Morgan fingerprint density at radius 3 is 3.00 bits per heavy atom. The molecule has 2 aromatic heterocycles. The molecule has 2 aromatic rings. The Hall–Kier alpha value is -1.24. The van der Waals surface area contributed by atoms with Crippen LogP contribution < -0.4 is 11.2 Å². The van der Waals surface area contributed by atoms with E-state index < -0.39 is 0 Å². The summed E-state index contributed by atoms with van der Waals surface area (Å²) in [5.74, 6) is 0. The van der Waals surface area contributed by atoms with Crippen molar-refractivity contribution in [1.82, 2.24) is 5.43 Å². The van der Waals surface area contributed by atoms with Crippen LogP contribution in [0.2, 0.25) is 0 Å². The molecule has 0 saturated carbocycles. The third kappa shape index (κ3) is 2.88. The molecule has 0 unspecified atom stereocenters. The van der Waals surface area contributed by atoms with Crippen molar-refractivity contribution in [2.24, 2.45) is 10.8 Å². The van der Waals surface area contributed by atoms with Gasteiger partial charge in [0.05, 0.1) is 6.21 Å². The molecule has 0 saturated heterocycles. The highest BCUT2D eigenvalue weighted by molar-refractivity contribution is 7.80. The van der Waals surface area contributed by atoms with Crippen LogP contribution in [0.1, 0.15) is 4.88 Å². The monoisotopic (exact) mass is 267 g/mol. The number of thiophene rings is 2. The molecule has 0 aromatic carbocycles. The maximum absolute atomic E-state index is 5.25. The van der Waals surface area contributed by atoms with Crippen molar-refractivity contribution in [3.63, 3.8) is 0 Å². The lowest BCUT2D eigenvalue weighted by Gasteiger charge is -1.91. The first-order chi connectivity index (χ1) is 7.75. The van der Waals surface area contributed by atoms with Crippen molar-refractivity contribution in [1.29, 1.82) is 0 Å². The summed E-state index contributed by atoms with van der Waals surface area (Å²) in [5.41, 5.74) is 9.02. The zero-order valence-corrected chi connectivity index (χ0v) is 10.7. The minimum atomic E-state index is 0.172. The number of rotatable bonds is 3. The van der Waals surface area contributed by atoms with Gasteiger partial charge < -0.3 is 5.73 Å². The summed E-state index contributed by atoms with van der Waals surface area (Å²) in [7, 11) is 0. The fourth-order valence-electron chi connectivity index (χ4n) is 1.14. The van der Waals surface area contributed by atoms with Gasteiger partial charge >= 0.3 is 0 Å². The Morgan fingerprint density at radius 2 is 2.31 bits per heavy atom. The van der Waals surface area contributed by atoms with E-state index in [-0.39, 0.29) is 5.11 Å². The van der Waals surface area contributed by atoms with Crippen LogP contribution in [-0.4, -0.2) is 11.3 Å². The summed E-state index contributed by atoms with van der Waals surface area (Å²) in [6, 6.07) is 6.20. The van der Waals surface area contributed by atoms with Crippen molar-refractivity contribution < 1.29 is 0 Å². The minimum Gasteiger partial charge on any atom is -0.375 e. The van der Waals surface area contributed by atoms with E-state index in [1.165, 1.54) is 10.4 Å². The lowest BCUT2D eigenvalue weighted by atomic mass is 10.3. The molecule has 2 heterocycles. The number of nitrogens with zero attached hydrogens (tertiary/aromatic N) is 1. The van der Waals surface area contributed by atoms with Crippen LogP contribution >= 0.6 is 34.9 Å². The molecule has 0 fully saturated rings. The average molecular weight is 267 g/mol. The van der Waals surface area contributed by atoms with Gasteiger partial charge in [-0.3, -0.25) is 5.43 Å². The van der Waals surface area contributed by atoms with Crippen molar-refractivity contribution >= 4 is 46.2 Å². The quantitative estimate of drug-likeness (QED) is 0.510. The summed E-state index contributed by atoms with van der Waals surface area (Å²) in [5, 5.41) is 8.27. The second kappa shape index (κ2) is 5.20. The summed E-state index contributed by atoms with van der Waals surface area (Å²) in [4.78, 5) is 2.29. The molecule has 2 rings (SSSR count). The van der Waals surface area contributed by atoms with Crippen molar-refractivity contribution in [2.45, 2.75) is 0 Å². The molecule has 0 aliphatic rings. The zero-order valence-electron chi connectivity index (χ0n) is 8.21. The Morgan fingerprint density at radius 1 is 1.44 bits per heavy atom. The minimum absolute atomic E-state index is 0.172. The highest BCUT2D eigenvalue weighted by atomic mass is 32.1. The van der Waals surface area contributed by atoms with Crippen molar-refractivity contribution in [2.75, 3.05) is 0 Å². The molecule has 6 heteroatoms. The van der Waals surface area contributed by atoms with Crippen molar-refractivity contribution in [3.05, 3.63) is 33.8 Å². The van der Waals surface area contributed by atoms with Crippen LogP contribution in [0.15, 0.2) is 34.1 Å². The van der Waals surface area contributed by atoms with Gasteiger partial charge in [0.15, 0.2) is 5.11 Å². The molecule has 16 heavy (non-hydrogen) atoms. The largest absolute Gasteiger partial charge is 0.375 e. The molecular weight excluding hydrogens is 258 g/mol. The van der Waals surface area contributed by atoms with E-state index in [0.29, 0.717) is 0 Å². The zero-order chi connectivity index (χ0) is 11.4. The molecule has 0 aliphatic carbocycles. The molecule has 0 atom stereocenters. The van der Waals surface area contributed by atoms with Gasteiger partial charge in [0, 0.05) is 15.3 Å². The third-order valence-corrected chi connectivity index (χ3v) is 3.64. The molecule has 0 bridgehead atoms. The highest BCUT2D eigenvalue weighted by Gasteiger charge is 2.01. The lowest BCUT2D eigenvalue weighted by molar-refractivity contribution is 1.04. The van der Waals surface area contributed by atoms with E-state index in [2.05, 4.69) is 45.6 Å². The maximum atomic E-state index is 5.25. The van der Waals surface area contributed by atoms with Gasteiger partial charge in [0.1, 0.15) is 0 Å². The Labute approximate surface area is 107 Å². The first-order valence-electron chi connectivity index (χ1n) is 4.46. The summed E-state index contributed by atoms with van der Waals surface area (Å²) in [6.45, 7) is 0. The van der Waals surface area contributed by atoms with E-state index in [9.17, 15) is 0 Å². The Balaban J connectivity index is 2.08. The van der Waals surface area contributed by atoms with Gasteiger partial charge in [-0.2, -0.15) is 16.4 Å². The highest BCUT2D eigenvalue weighted by Crippen LogP contribution is 2.28. The average Bonchev–Trinajstić information content (AvgIpc) is 2.85. The van der Waals surface area contributed by atoms with Gasteiger partial charge in [-0.15, -0.1) is 11.3 Å². The second-order valence-electron chi connectivity index (χ2n) is 2.95. The van der Waals surface area contributed by atoms with E-state index in [0.717, 1.165) is 4.88 Å². The number of hydrogen-bond donors (Lipinski definition) is 2. The van der Waals surface area contributed by atoms with Crippen LogP contribution in [0.3, 0.4) is 0 Å². The predicted octanol–water partition coefficient (Wildman–Crippen LogP) is 2.64. The SMILES string of the molecule is NC(=S)N/N=C\c1ccc(-c2ccsc2)s1. The predicted molar refractivity (Wildman–Crippen MR) is 75.1 cm³/mol. The van der Waals surface area contributed by atoms with Gasteiger partial charge in [-0.1, -0.05) is 0 Å². The van der Waals surface area contributed by atoms with E-state index in [1.807, 2.05) is 6.07 Å². The van der Waals surface area contributed by atoms with Gasteiger partial charge in [-0.25, -0.2) is 0 Å². The molecular formula is C10H9N3S3. The maximum Gasteiger partial charge on any atom is 0.184 e. The van der Waals surface area contributed by atoms with Crippen LogP contribution in [0, 0.1) is 0 Å². The van der Waals surface area contributed by atoms with E-state index in [1.54, 1.807) is 28.9 Å². The molecule has 0 radical (unpaired) electrons. The Kier molecular flexibility index (Phi) is 3.66. The summed E-state index contributed by atoms with van der Waals surface area (Å²) in [6.07, 6.45) is 1.71. The molecule has 82 valence electrons. The number of nitrogens with two attached hydrogens (primary N) is 1. The van der Waals surface area contributed by atoms with Crippen LogP contribution in [0.25, 0.3) is 10.4 Å². The summed E-state index contributed by atoms with van der Waals surface area (Å²) >= 11 is 8.01. The number of thiocarbonyl (C=S) groups is 1.